The number of carbonyl (C=O) groups is 1. The number of aliphatic hydroxyl groups excluding tert-OH is 1. The number of carbonyl (C=O) groups excluding carboxylic acids is 1. The molecule has 0 spiro atoms. The summed E-state index contributed by atoms with van der Waals surface area (Å²) in [5.41, 5.74) is 0.487. The summed E-state index contributed by atoms with van der Waals surface area (Å²) in [5, 5.41) is 15.7. The molecule has 0 aliphatic rings. The molecule has 0 saturated heterocycles. The van der Waals surface area contributed by atoms with E-state index in [9.17, 15) is 27.5 Å². The Morgan fingerprint density at radius 1 is 1.14 bits per heavy atom. The Morgan fingerprint density at radius 2 is 1.79 bits per heavy atom. The molecule has 152 valence electrons. The lowest BCUT2D eigenvalue weighted by atomic mass is 10.2. The van der Waals surface area contributed by atoms with Crippen molar-refractivity contribution in [2.75, 3.05) is 6.61 Å². The first-order chi connectivity index (χ1) is 13.7. The molecule has 29 heavy (non-hydrogen) atoms. The van der Waals surface area contributed by atoms with Gasteiger partial charge in [-0.3, -0.25) is 4.79 Å². The van der Waals surface area contributed by atoms with Crippen molar-refractivity contribution in [1.29, 1.82) is 0 Å². The average Bonchev–Trinajstić information content (AvgIpc) is 3.15. The van der Waals surface area contributed by atoms with Crippen LogP contribution in [0.3, 0.4) is 0 Å². The molecule has 11 heteroatoms. The van der Waals surface area contributed by atoms with Crippen LogP contribution >= 0.6 is 0 Å². The molecule has 1 amide bonds. The first-order valence-corrected chi connectivity index (χ1v) is 8.12. The maximum atomic E-state index is 12.9. The first kappa shape index (κ1) is 20.3. The summed E-state index contributed by atoms with van der Waals surface area (Å²) in [7, 11) is 0. The summed E-state index contributed by atoms with van der Waals surface area (Å²) in [5.74, 6) is -1.60. The lowest BCUT2D eigenvalue weighted by Crippen LogP contribution is -2.31. The Hall–Kier alpha value is -3.47. The van der Waals surface area contributed by atoms with Crippen molar-refractivity contribution in [3.05, 3.63) is 65.8 Å². The molecule has 0 aliphatic carbocycles. The number of rotatable bonds is 6. The van der Waals surface area contributed by atoms with Gasteiger partial charge in [-0.2, -0.15) is 4.98 Å². The van der Waals surface area contributed by atoms with Crippen LogP contribution < -0.4 is 10.1 Å². The Morgan fingerprint density at radius 3 is 2.38 bits per heavy atom. The molecule has 0 fully saturated rings. The van der Waals surface area contributed by atoms with Crippen LogP contribution in [0.2, 0.25) is 0 Å². The van der Waals surface area contributed by atoms with E-state index in [1.807, 2.05) is 0 Å². The van der Waals surface area contributed by atoms with E-state index >= 15 is 0 Å². The van der Waals surface area contributed by atoms with Gasteiger partial charge >= 0.3 is 6.36 Å². The molecule has 3 aromatic rings. The van der Waals surface area contributed by atoms with Crippen LogP contribution in [0.4, 0.5) is 17.6 Å². The van der Waals surface area contributed by atoms with Crippen LogP contribution in [0.5, 0.6) is 5.75 Å². The van der Waals surface area contributed by atoms with E-state index < -0.39 is 36.5 Å². The fourth-order valence-corrected chi connectivity index (χ4v) is 2.33. The molecule has 1 atom stereocenters. The number of alkyl halides is 3. The minimum atomic E-state index is -4.81. The van der Waals surface area contributed by atoms with Crippen LogP contribution in [0.1, 0.15) is 22.3 Å². The number of ether oxygens (including phenoxy) is 1. The standard InChI is InChI=1S/C18H13F4N3O4/c19-12-5-1-11(2-6-12)16(27)23-14(9-26)17-24-15(25-29-17)10-3-7-13(8-4-10)28-18(20,21)22/h1-8,14,26H,9H2,(H,23,27)/t14-/m0/s1. The van der Waals surface area contributed by atoms with E-state index in [4.69, 9.17) is 4.52 Å². The van der Waals surface area contributed by atoms with Gasteiger partial charge in [0.25, 0.3) is 11.8 Å². The maximum absolute atomic E-state index is 12.9. The van der Waals surface area contributed by atoms with Gasteiger partial charge < -0.3 is 19.7 Å². The van der Waals surface area contributed by atoms with Gasteiger partial charge in [0.15, 0.2) is 0 Å². The molecule has 2 aromatic carbocycles. The zero-order valence-electron chi connectivity index (χ0n) is 14.5. The molecule has 7 nitrogen and oxygen atoms in total. The fraction of sp³-hybridized carbons (Fsp3) is 0.167. The number of benzene rings is 2. The number of hydrogen-bond acceptors (Lipinski definition) is 6. The highest BCUT2D eigenvalue weighted by Crippen LogP contribution is 2.26. The second kappa shape index (κ2) is 8.27. The maximum Gasteiger partial charge on any atom is 0.573 e. The first-order valence-electron chi connectivity index (χ1n) is 8.12. The summed E-state index contributed by atoms with van der Waals surface area (Å²) in [4.78, 5) is 16.2. The third-order valence-corrected chi connectivity index (χ3v) is 3.68. The number of hydrogen-bond donors (Lipinski definition) is 2. The second-order valence-corrected chi connectivity index (χ2v) is 5.74. The lowest BCUT2D eigenvalue weighted by molar-refractivity contribution is -0.274. The average molecular weight is 411 g/mol. The molecular formula is C18H13F4N3O4. The van der Waals surface area contributed by atoms with Crippen LogP contribution in [0.15, 0.2) is 53.1 Å². The topological polar surface area (TPSA) is 97.5 Å². The van der Waals surface area contributed by atoms with Crippen LogP contribution in [-0.2, 0) is 0 Å². The van der Waals surface area contributed by atoms with Crippen molar-refractivity contribution in [3.63, 3.8) is 0 Å². The number of amides is 1. The molecule has 0 aliphatic heterocycles. The number of aromatic nitrogens is 2. The van der Waals surface area contributed by atoms with Gasteiger partial charge in [0.2, 0.25) is 5.82 Å². The third-order valence-electron chi connectivity index (χ3n) is 3.68. The van der Waals surface area contributed by atoms with E-state index in [-0.39, 0.29) is 17.3 Å². The van der Waals surface area contributed by atoms with Crippen molar-refractivity contribution in [3.8, 4) is 17.1 Å². The Kier molecular flexibility index (Phi) is 5.78. The van der Waals surface area contributed by atoms with E-state index in [1.54, 1.807) is 0 Å². The molecule has 0 unspecified atom stereocenters. The Bertz CT molecular complexity index is 972. The van der Waals surface area contributed by atoms with Gasteiger partial charge in [-0.1, -0.05) is 5.16 Å². The zero-order valence-corrected chi connectivity index (χ0v) is 14.5. The highest BCUT2D eigenvalue weighted by atomic mass is 19.4. The molecule has 0 bridgehead atoms. The van der Waals surface area contributed by atoms with Gasteiger partial charge in [0.1, 0.15) is 17.6 Å². The van der Waals surface area contributed by atoms with Crippen LogP contribution in [0, 0.1) is 5.82 Å². The monoisotopic (exact) mass is 411 g/mol. The van der Waals surface area contributed by atoms with Crippen molar-refractivity contribution >= 4 is 5.91 Å². The van der Waals surface area contributed by atoms with Gasteiger partial charge in [0, 0.05) is 11.1 Å². The predicted octanol–water partition coefficient (Wildman–Crippen LogP) is 3.24. The SMILES string of the molecule is O=C(N[C@@H](CO)c1nc(-c2ccc(OC(F)(F)F)cc2)no1)c1ccc(F)cc1. The van der Waals surface area contributed by atoms with Crippen molar-refractivity contribution in [1.82, 2.24) is 15.5 Å². The largest absolute Gasteiger partial charge is 0.573 e. The summed E-state index contributed by atoms with van der Waals surface area (Å²) >= 11 is 0. The molecule has 0 saturated carbocycles. The van der Waals surface area contributed by atoms with Crippen molar-refractivity contribution in [2.24, 2.45) is 0 Å². The van der Waals surface area contributed by atoms with E-state index in [1.165, 1.54) is 24.3 Å². The number of aliphatic hydroxyl groups is 1. The summed E-state index contributed by atoms with van der Waals surface area (Å²) in [6, 6.07) is 8.46. The van der Waals surface area contributed by atoms with E-state index in [2.05, 4.69) is 20.2 Å². The van der Waals surface area contributed by atoms with Gasteiger partial charge in [-0.05, 0) is 48.5 Å². The molecule has 1 aromatic heterocycles. The summed E-state index contributed by atoms with van der Waals surface area (Å²) in [6.07, 6.45) is -4.81. The molecule has 3 rings (SSSR count). The molecule has 1 heterocycles. The highest BCUT2D eigenvalue weighted by Gasteiger charge is 2.31. The third kappa shape index (κ3) is 5.29. The van der Waals surface area contributed by atoms with Crippen LogP contribution in [-0.4, -0.2) is 34.1 Å². The van der Waals surface area contributed by atoms with Crippen molar-refractivity contribution in [2.45, 2.75) is 12.4 Å². The van der Waals surface area contributed by atoms with E-state index in [0.29, 0.717) is 5.56 Å². The molecule has 0 radical (unpaired) electrons. The smallest absolute Gasteiger partial charge is 0.406 e. The van der Waals surface area contributed by atoms with Crippen molar-refractivity contribution < 1.29 is 36.7 Å². The zero-order chi connectivity index (χ0) is 21.0. The molecular weight excluding hydrogens is 398 g/mol. The van der Waals surface area contributed by atoms with Crippen LogP contribution in [0.25, 0.3) is 11.4 Å². The molecule has 2 N–H and O–H groups in total. The van der Waals surface area contributed by atoms with Gasteiger partial charge in [-0.25, -0.2) is 4.39 Å². The normalized spacial score (nSPS) is 12.4. The Labute approximate surface area is 160 Å². The summed E-state index contributed by atoms with van der Waals surface area (Å²) in [6.45, 7) is -0.563. The van der Waals surface area contributed by atoms with Gasteiger partial charge in [0.05, 0.1) is 6.61 Å². The Balaban J connectivity index is 1.71. The second-order valence-electron chi connectivity index (χ2n) is 5.74. The quantitative estimate of drug-likeness (QED) is 0.605. The summed E-state index contributed by atoms with van der Waals surface area (Å²) < 4.78 is 58.4. The minimum absolute atomic E-state index is 0.0352. The van der Waals surface area contributed by atoms with E-state index in [0.717, 1.165) is 24.3 Å². The minimum Gasteiger partial charge on any atom is -0.406 e. The fourth-order valence-electron chi connectivity index (χ4n) is 2.33. The lowest BCUT2D eigenvalue weighted by Gasteiger charge is -2.12. The number of halogens is 4. The number of nitrogens with one attached hydrogen (secondary N) is 1. The highest BCUT2D eigenvalue weighted by molar-refractivity contribution is 5.94. The predicted molar refractivity (Wildman–Crippen MR) is 90.1 cm³/mol. The number of nitrogens with zero attached hydrogens (tertiary/aromatic N) is 2. The van der Waals surface area contributed by atoms with Gasteiger partial charge in [-0.15, -0.1) is 13.2 Å².